The van der Waals surface area contributed by atoms with Crippen molar-refractivity contribution in [1.29, 1.82) is 0 Å². The van der Waals surface area contributed by atoms with Crippen LogP contribution in [0, 0.1) is 6.92 Å². The number of fused-ring (bicyclic) bond motifs is 1. The van der Waals surface area contributed by atoms with Gasteiger partial charge in [-0.15, -0.1) is 0 Å². The third kappa shape index (κ3) is 2.91. The van der Waals surface area contributed by atoms with Gasteiger partial charge in [0.2, 0.25) is 0 Å². The molecule has 3 rings (SSSR count). The van der Waals surface area contributed by atoms with Crippen molar-refractivity contribution in [3.05, 3.63) is 12.0 Å². The van der Waals surface area contributed by atoms with Crippen molar-refractivity contribution < 1.29 is 9.63 Å². The van der Waals surface area contributed by atoms with Crippen molar-refractivity contribution in [1.82, 2.24) is 20.0 Å². The van der Waals surface area contributed by atoms with Crippen molar-refractivity contribution in [3.8, 4) is 0 Å². The fraction of sp³-hybridized carbons (Fsp3) is 0.667. The predicted octanol–water partition coefficient (Wildman–Crippen LogP) is 1.21. The Kier molecular flexibility index (Phi) is 4.01. The van der Waals surface area contributed by atoms with Crippen molar-refractivity contribution >= 4 is 16.9 Å². The first kappa shape index (κ1) is 15.2. The number of aliphatic hydroxyl groups is 1. The highest BCUT2D eigenvalue weighted by Crippen LogP contribution is 2.30. The van der Waals surface area contributed by atoms with Crippen LogP contribution in [0.1, 0.15) is 25.0 Å². The van der Waals surface area contributed by atoms with Crippen molar-refractivity contribution in [3.63, 3.8) is 0 Å². The maximum atomic E-state index is 10.8. The molecule has 0 saturated carbocycles. The van der Waals surface area contributed by atoms with E-state index in [1.807, 2.05) is 25.9 Å². The molecule has 1 atom stereocenters. The van der Waals surface area contributed by atoms with Gasteiger partial charge in [-0.2, -0.15) is 4.98 Å². The Bertz CT molecular complexity index is 656. The minimum atomic E-state index is -0.631. The van der Waals surface area contributed by atoms with Gasteiger partial charge in [0.25, 0.3) is 5.71 Å². The van der Waals surface area contributed by atoms with Crippen LogP contribution in [0.4, 0.5) is 5.82 Å². The van der Waals surface area contributed by atoms with E-state index in [0.717, 1.165) is 49.2 Å². The van der Waals surface area contributed by atoms with Crippen LogP contribution in [0.15, 0.2) is 10.9 Å². The molecular weight excluding hydrogens is 282 g/mol. The molecule has 2 aromatic heterocycles. The van der Waals surface area contributed by atoms with E-state index >= 15 is 0 Å². The second-order valence-corrected chi connectivity index (χ2v) is 6.45. The molecule has 0 unspecified atom stereocenters. The molecular formula is C15H23N5O2. The maximum absolute atomic E-state index is 10.8. The predicted molar refractivity (Wildman–Crippen MR) is 83.9 cm³/mol. The normalized spacial score (nSPS) is 23.2. The zero-order valence-electron chi connectivity index (χ0n) is 13.4. The Morgan fingerprint density at radius 3 is 2.91 bits per heavy atom. The monoisotopic (exact) mass is 305 g/mol. The highest BCUT2D eigenvalue weighted by atomic mass is 16.5. The molecule has 0 radical (unpaired) electrons. The van der Waals surface area contributed by atoms with Crippen LogP contribution in [0.3, 0.4) is 0 Å². The fourth-order valence-electron chi connectivity index (χ4n) is 3.28. The first-order valence-electron chi connectivity index (χ1n) is 7.67. The lowest BCUT2D eigenvalue weighted by Gasteiger charge is -2.30. The molecule has 1 fully saturated rings. The van der Waals surface area contributed by atoms with Gasteiger partial charge >= 0.3 is 0 Å². The summed E-state index contributed by atoms with van der Waals surface area (Å²) in [5.74, 6) is 0.859. The molecule has 1 aliphatic heterocycles. The average molecular weight is 305 g/mol. The molecule has 7 heteroatoms. The number of rotatable bonds is 3. The van der Waals surface area contributed by atoms with Crippen molar-refractivity contribution in [2.45, 2.75) is 31.8 Å². The second kappa shape index (κ2) is 5.81. The smallest absolute Gasteiger partial charge is 0.263 e. The number of aryl methyl sites for hydroxylation is 1. The molecule has 0 amide bonds. The van der Waals surface area contributed by atoms with Gasteiger partial charge in [0.15, 0.2) is 0 Å². The van der Waals surface area contributed by atoms with E-state index in [0.29, 0.717) is 12.3 Å². The van der Waals surface area contributed by atoms with Gasteiger partial charge in [0, 0.05) is 19.6 Å². The van der Waals surface area contributed by atoms with Gasteiger partial charge in [0.05, 0.1) is 11.3 Å². The van der Waals surface area contributed by atoms with E-state index in [1.54, 1.807) is 0 Å². The van der Waals surface area contributed by atoms with Crippen LogP contribution in [0.25, 0.3) is 11.1 Å². The van der Waals surface area contributed by atoms with E-state index < -0.39 is 5.60 Å². The summed E-state index contributed by atoms with van der Waals surface area (Å²) in [6.07, 6.45) is 3.97. The highest BCUT2D eigenvalue weighted by molar-refractivity contribution is 5.87. The van der Waals surface area contributed by atoms with Crippen LogP contribution in [-0.2, 0) is 0 Å². The number of likely N-dealkylation sites (N-methyl/N-ethyl adjacent to an activating group) is 1. The second-order valence-electron chi connectivity index (χ2n) is 6.45. The lowest BCUT2D eigenvalue weighted by molar-refractivity contribution is 0.00537. The first-order valence-corrected chi connectivity index (χ1v) is 7.67. The molecule has 3 heterocycles. The van der Waals surface area contributed by atoms with Crippen molar-refractivity contribution in [2.75, 3.05) is 38.6 Å². The van der Waals surface area contributed by atoms with E-state index in [9.17, 15) is 5.11 Å². The quantitative estimate of drug-likeness (QED) is 0.913. The highest BCUT2D eigenvalue weighted by Gasteiger charge is 2.31. The summed E-state index contributed by atoms with van der Waals surface area (Å²) in [5.41, 5.74) is 0.697. The topological polar surface area (TPSA) is 78.5 Å². The number of nitrogens with zero attached hydrogens (tertiary/aromatic N) is 5. The molecule has 1 N–H and O–H groups in total. The molecule has 0 spiro atoms. The molecule has 0 aromatic carbocycles. The SMILES string of the molecule is Cc1noc2ncnc(N3CCC[C@](O)(CN(C)C)CC3)c12. The zero-order chi connectivity index (χ0) is 15.7. The molecule has 2 aromatic rings. The van der Waals surface area contributed by atoms with E-state index in [1.165, 1.54) is 6.33 Å². The Morgan fingerprint density at radius 1 is 1.32 bits per heavy atom. The largest absolute Gasteiger partial charge is 0.388 e. The number of aromatic nitrogens is 3. The average Bonchev–Trinajstić information content (AvgIpc) is 2.73. The Hall–Kier alpha value is -1.73. The summed E-state index contributed by atoms with van der Waals surface area (Å²) >= 11 is 0. The summed E-state index contributed by atoms with van der Waals surface area (Å²) in [4.78, 5) is 12.8. The van der Waals surface area contributed by atoms with Crippen LogP contribution < -0.4 is 4.90 Å². The number of hydrogen-bond donors (Lipinski definition) is 1. The Balaban J connectivity index is 1.85. The molecule has 0 bridgehead atoms. The van der Waals surface area contributed by atoms with Crippen molar-refractivity contribution in [2.24, 2.45) is 0 Å². The Labute approximate surface area is 129 Å². The van der Waals surface area contributed by atoms with Crippen LogP contribution in [0.2, 0.25) is 0 Å². The van der Waals surface area contributed by atoms with Gasteiger partial charge in [-0.1, -0.05) is 5.16 Å². The Morgan fingerprint density at radius 2 is 2.14 bits per heavy atom. The summed E-state index contributed by atoms with van der Waals surface area (Å²) in [6, 6.07) is 0. The van der Waals surface area contributed by atoms with Gasteiger partial charge in [-0.3, -0.25) is 0 Å². The zero-order valence-corrected chi connectivity index (χ0v) is 13.4. The maximum Gasteiger partial charge on any atom is 0.263 e. The molecule has 1 saturated heterocycles. The van der Waals surface area contributed by atoms with E-state index in [-0.39, 0.29) is 0 Å². The van der Waals surface area contributed by atoms with Gasteiger partial charge in [-0.25, -0.2) is 4.98 Å². The van der Waals surface area contributed by atoms with E-state index in [2.05, 4.69) is 20.0 Å². The lowest BCUT2D eigenvalue weighted by Crippen LogP contribution is -2.41. The minimum Gasteiger partial charge on any atom is -0.388 e. The fourth-order valence-corrected chi connectivity index (χ4v) is 3.28. The molecule has 22 heavy (non-hydrogen) atoms. The molecule has 120 valence electrons. The summed E-state index contributed by atoms with van der Waals surface area (Å²) < 4.78 is 5.22. The lowest BCUT2D eigenvalue weighted by atomic mass is 9.94. The minimum absolute atomic E-state index is 0.523. The summed E-state index contributed by atoms with van der Waals surface area (Å²) in [5, 5.41) is 15.6. The summed E-state index contributed by atoms with van der Waals surface area (Å²) in [6.45, 7) is 4.22. The molecule has 7 nitrogen and oxygen atoms in total. The van der Waals surface area contributed by atoms with Gasteiger partial charge < -0.3 is 19.4 Å². The number of hydrogen-bond acceptors (Lipinski definition) is 7. The third-order valence-corrected chi connectivity index (χ3v) is 4.25. The van der Waals surface area contributed by atoms with Gasteiger partial charge in [0.1, 0.15) is 17.5 Å². The standard InChI is InChI=1S/C15H23N5O2/c1-11-12-13(16-10-17-14(12)22-18-11)20-7-4-5-15(21,6-8-20)9-19(2)3/h10,21H,4-9H2,1-3H3/t15-/m1/s1. The van der Waals surface area contributed by atoms with Crippen LogP contribution in [-0.4, -0.2) is 64.5 Å². The van der Waals surface area contributed by atoms with Crippen LogP contribution >= 0.6 is 0 Å². The van der Waals surface area contributed by atoms with E-state index in [4.69, 9.17) is 4.52 Å². The molecule has 0 aliphatic carbocycles. The third-order valence-electron chi connectivity index (χ3n) is 4.25. The first-order chi connectivity index (χ1) is 10.5. The molecule has 1 aliphatic rings. The number of anilines is 1. The van der Waals surface area contributed by atoms with Crippen LogP contribution in [0.5, 0.6) is 0 Å². The van der Waals surface area contributed by atoms with Gasteiger partial charge in [-0.05, 0) is 40.3 Å². The summed E-state index contributed by atoms with van der Waals surface area (Å²) in [7, 11) is 3.99.